The minimum atomic E-state index is -0.0854. The highest BCUT2D eigenvalue weighted by molar-refractivity contribution is 7.20. The molecule has 3 rings (SSSR count). The number of methoxy groups -OCH3 is 1. The van der Waals surface area contributed by atoms with E-state index in [0.29, 0.717) is 11.1 Å². The molecule has 1 aliphatic rings. The van der Waals surface area contributed by atoms with Gasteiger partial charge in [-0.05, 0) is 19.3 Å². The first-order chi connectivity index (χ1) is 10.2. The molecule has 7 heteroatoms. The van der Waals surface area contributed by atoms with Crippen LogP contribution in [0.15, 0.2) is 10.9 Å². The second-order valence-corrected chi connectivity index (χ2v) is 6.27. The maximum atomic E-state index is 12.1. The lowest BCUT2D eigenvalue weighted by atomic mass is 10.1. The second-order valence-electron chi connectivity index (χ2n) is 5.34. The van der Waals surface area contributed by atoms with Gasteiger partial charge in [0.15, 0.2) is 0 Å². The molecule has 0 aliphatic carbocycles. The Morgan fingerprint density at radius 1 is 1.43 bits per heavy atom. The molecule has 0 saturated carbocycles. The Morgan fingerprint density at radius 3 is 2.86 bits per heavy atom. The number of piperidine rings is 1. The Morgan fingerprint density at radius 2 is 2.19 bits per heavy atom. The fourth-order valence-electron chi connectivity index (χ4n) is 2.64. The third-order valence-electron chi connectivity index (χ3n) is 3.84. The Bertz CT molecular complexity index is 673. The van der Waals surface area contributed by atoms with Gasteiger partial charge < -0.3 is 9.64 Å². The van der Waals surface area contributed by atoms with Gasteiger partial charge in [0, 0.05) is 32.0 Å². The molecule has 0 atom stereocenters. The third kappa shape index (κ3) is 2.94. The number of aromatic nitrogens is 3. The van der Waals surface area contributed by atoms with Gasteiger partial charge in [0.25, 0.3) is 5.56 Å². The highest BCUT2D eigenvalue weighted by Gasteiger charge is 2.22. The van der Waals surface area contributed by atoms with Gasteiger partial charge in [0.05, 0.1) is 6.10 Å². The summed E-state index contributed by atoms with van der Waals surface area (Å²) >= 11 is 1.49. The molecule has 0 radical (unpaired) electrons. The molecule has 114 valence electrons. The zero-order chi connectivity index (χ0) is 14.8. The Labute approximate surface area is 127 Å². The van der Waals surface area contributed by atoms with Crippen LogP contribution in [0.5, 0.6) is 0 Å². The monoisotopic (exact) mass is 308 g/mol. The van der Waals surface area contributed by atoms with E-state index in [2.05, 4.69) is 21.9 Å². The van der Waals surface area contributed by atoms with E-state index >= 15 is 0 Å². The number of rotatable bonds is 4. The van der Waals surface area contributed by atoms with E-state index in [1.54, 1.807) is 13.2 Å². The predicted molar refractivity (Wildman–Crippen MR) is 83.4 cm³/mol. The van der Waals surface area contributed by atoms with Gasteiger partial charge in [-0.2, -0.15) is 4.52 Å². The lowest BCUT2D eigenvalue weighted by Crippen LogP contribution is -2.36. The van der Waals surface area contributed by atoms with Crippen LogP contribution in [0.3, 0.4) is 0 Å². The summed E-state index contributed by atoms with van der Waals surface area (Å²) in [5.74, 6) is 0. The fourth-order valence-corrected chi connectivity index (χ4v) is 3.62. The Hall–Kier alpha value is -1.47. The second kappa shape index (κ2) is 6.11. The first-order valence-corrected chi connectivity index (χ1v) is 8.20. The SMILES string of the molecule is CCCc1cc(=O)n2nc(N3CCC(OC)CC3)sc2n1. The highest BCUT2D eigenvalue weighted by atomic mass is 32.1. The van der Waals surface area contributed by atoms with Crippen molar-refractivity contribution >= 4 is 21.4 Å². The standard InChI is InChI=1S/C14H20N4O2S/c1-3-4-10-9-12(19)18-13(15-10)21-14(16-18)17-7-5-11(20-2)6-8-17/h9,11H,3-8H2,1-2H3. The van der Waals surface area contributed by atoms with E-state index in [0.717, 1.165) is 49.6 Å². The Kier molecular flexibility index (Phi) is 4.21. The van der Waals surface area contributed by atoms with Crippen molar-refractivity contribution in [2.45, 2.75) is 38.7 Å². The highest BCUT2D eigenvalue weighted by Crippen LogP contribution is 2.25. The maximum Gasteiger partial charge on any atom is 0.275 e. The zero-order valence-corrected chi connectivity index (χ0v) is 13.2. The van der Waals surface area contributed by atoms with Crippen LogP contribution in [0, 0.1) is 0 Å². The maximum absolute atomic E-state index is 12.1. The van der Waals surface area contributed by atoms with Gasteiger partial charge in [-0.15, -0.1) is 5.10 Å². The molecule has 0 amide bonds. The fraction of sp³-hybridized carbons (Fsp3) is 0.643. The summed E-state index contributed by atoms with van der Waals surface area (Å²) in [5.41, 5.74) is 0.772. The van der Waals surface area contributed by atoms with Gasteiger partial charge in [-0.3, -0.25) is 4.79 Å². The molecule has 0 unspecified atom stereocenters. The summed E-state index contributed by atoms with van der Waals surface area (Å²) < 4.78 is 6.80. The van der Waals surface area contributed by atoms with Crippen LogP contribution in [0.2, 0.25) is 0 Å². The molecule has 0 aromatic carbocycles. The lowest BCUT2D eigenvalue weighted by Gasteiger charge is -2.30. The number of nitrogens with zero attached hydrogens (tertiary/aromatic N) is 4. The minimum Gasteiger partial charge on any atom is -0.381 e. The summed E-state index contributed by atoms with van der Waals surface area (Å²) in [4.78, 5) is 19.5. The molecule has 2 aromatic rings. The smallest absolute Gasteiger partial charge is 0.275 e. The summed E-state index contributed by atoms with van der Waals surface area (Å²) in [6.45, 7) is 3.91. The van der Waals surface area contributed by atoms with Gasteiger partial charge in [0.2, 0.25) is 10.1 Å². The lowest BCUT2D eigenvalue weighted by molar-refractivity contribution is 0.0819. The van der Waals surface area contributed by atoms with Crippen molar-refractivity contribution in [3.05, 3.63) is 22.1 Å². The van der Waals surface area contributed by atoms with Gasteiger partial charge in [0.1, 0.15) is 0 Å². The molecule has 1 saturated heterocycles. The minimum absolute atomic E-state index is 0.0854. The van der Waals surface area contributed by atoms with Crippen LogP contribution in [0.25, 0.3) is 4.96 Å². The number of hydrogen-bond acceptors (Lipinski definition) is 6. The molecule has 1 fully saturated rings. The molecule has 0 bridgehead atoms. The average Bonchev–Trinajstić information content (AvgIpc) is 2.92. The summed E-state index contributed by atoms with van der Waals surface area (Å²) in [6, 6.07) is 1.59. The van der Waals surface area contributed by atoms with E-state index in [4.69, 9.17) is 4.74 Å². The third-order valence-corrected chi connectivity index (χ3v) is 4.81. The van der Waals surface area contributed by atoms with Crippen molar-refractivity contribution in [3.8, 4) is 0 Å². The number of anilines is 1. The predicted octanol–water partition coefficient (Wildman–Crippen LogP) is 1.72. The molecule has 1 aliphatic heterocycles. The van der Waals surface area contributed by atoms with E-state index in [1.807, 2.05) is 0 Å². The van der Waals surface area contributed by atoms with Gasteiger partial charge in [-0.1, -0.05) is 24.7 Å². The van der Waals surface area contributed by atoms with Crippen molar-refractivity contribution in [1.29, 1.82) is 0 Å². The van der Waals surface area contributed by atoms with Crippen LogP contribution in [0.1, 0.15) is 31.9 Å². The molecule has 2 aromatic heterocycles. The first kappa shape index (κ1) is 14.5. The number of fused-ring (bicyclic) bond motifs is 1. The molecule has 0 N–H and O–H groups in total. The molecule has 21 heavy (non-hydrogen) atoms. The zero-order valence-electron chi connectivity index (χ0n) is 12.4. The van der Waals surface area contributed by atoms with Crippen molar-refractivity contribution in [1.82, 2.24) is 14.6 Å². The van der Waals surface area contributed by atoms with E-state index in [-0.39, 0.29) is 5.56 Å². The molecule has 3 heterocycles. The van der Waals surface area contributed by atoms with E-state index in [9.17, 15) is 4.79 Å². The summed E-state index contributed by atoms with van der Waals surface area (Å²) in [6.07, 6.45) is 4.15. The number of aryl methyl sites for hydroxylation is 1. The molecular weight excluding hydrogens is 288 g/mol. The molecule has 6 nitrogen and oxygen atoms in total. The average molecular weight is 308 g/mol. The van der Waals surface area contributed by atoms with Crippen LogP contribution in [0.4, 0.5) is 5.13 Å². The topological polar surface area (TPSA) is 59.7 Å². The largest absolute Gasteiger partial charge is 0.381 e. The van der Waals surface area contributed by atoms with Crippen molar-refractivity contribution in [2.24, 2.45) is 0 Å². The quantitative estimate of drug-likeness (QED) is 0.860. The van der Waals surface area contributed by atoms with Crippen LogP contribution >= 0.6 is 11.3 Å². The van der Waals surface area contributed by atoms with E-state index in [1.165, 1.54) is 15.9 Å². The van der Waals surface area contributed by atoms with Crippen LogP contribution in [-0.2, 0) is 11.2 Å². The number of hydrogen-bond donors (Lipinski definition) is 0. The summed E-state index contributed by atoms with van der Waals surface area (Å²) in [5, 5.41) is 5.31. The molecular formula is C14H20N4O2S. The Balaban J connectivity index is 1.87. The number of ether oxygens (including phenoxy) is 1. The van der Waals surface area contributed by atoms with Crippen molar-refractivity contribution in [2.75, 3.05) is 25.1 Å². The van der Waals surface area contributed by atoms with E-state index < -0.39 is 0 Å². The van der Waals surface area contributed by atoms with Gasteiger partial charge >= 0.3 is 0 Å². The first-order valence-electron chi connectivity index (χ1n) is 7.38. The van der Waals surface area contributed by atoms with Crippen LogP contribution < -0.4 is 10.5 Å². The van der Waals surface area contributed by atoms with Crippen molar-refractivity contribution in [3.63, 3.8) is 0 Å². The van der Waals surface area contributed by atoms with Crippen LogP contribution in [-0.4, -0.2) is 40.9 Å². The van der Waals surface area contributed by atoms with Gasteiger partial charge in [-0.25, -0.2) is 4.98 Å². The van der Waals surface area contributed by atoms with Crippen molar-refractivity contribution < 1.29 is 4.74 Å². The summed E-state index contributed by atoms with van der Waals surface area (Å²) in [7, 11) is 1.76. The normalized spacial score (nSPS) is 16.8. The molecule has 0 spiro atoms.